The molecule has 2 aromatic carbocycles. The van der Waals surface area contributed by atoms with Gasteiger partial charge in [-0.1, -0.05) is 30.3 Å². The van der Waals surface area contributed by atoms with Crippen LogP contribution in [0.1, 0.15) is 31.4 Å². The van der Waals surface area contributed by atoms with E-state index in [1.165, 1.54) is 19.1 Å². The SMILES string of the molecule is CC(=O)NC[C@@H]1CCCN([C@H](C(=O)Nc2ccc(F)cc2)c2ccccc2)C1. The van der Waals surface area contributed by atoms with Crippen LogP contribution in [0.2, 0.25) is 0 Å². The van der Waals surface area contributed by atoms with E-state index < -0.39 is 6.04 Å². The molecule has 1 aliphatic heterocycles. The van der Waals surface area contributed by atoms with Crippen molar-refractivity contribution >= 4 is 17.5 Å². The van der Waals surface area contributed by atoms with Crippen LogP contribution in [0.25, 0.3) is 0 Å². The Morgan fingerprint density at radius 1 is 1.14 bits per heavy atom. The molecule has 0 spiro atoms. The Morgan fingerprint density at radius 3 is 2.54 bits per heavy atom. The Labute approximate surface area is 164 Å². The molecule has 0 aromatic heterocycles. The number of amides is 2. The average molecular weight is 383 g/mol. The molecule has 1 fully saturated rings. The number of hydrogen-bond donors (Lipinski definition) is 2. The number of rotatable bonds is 6. The highest BCUT2D eigenvalue weighted by Crippen LogP contribution is 2.28. The van der Waals surface area contributed by atoms with E-state index in [-0.39, 0.29) is 17.6 Å². The molecule has 1 heterocycles. The quantitative estimate of drug-likeness (QED) is 0.804. The molecule has 2 amide bonds. The first-order valence-corrected chi connectivity index (χ1v) is 9.63. The van der Waals surface area contributed by atoms with Gasteiger partial charge >= 0.3 is 0 Å². The number of benzene rings is 2. The summed E-state index contributed by atoms with van der Waals surface area (Å²) in [5.74, 6) is -0.208. The van der Waals surface area contributed by atoms with Crippen LogP contribution in [-0.4, -0.2) is 36.3 Å². The van der Waals surface area contributed by atoms with Crippen LogP contribution in [0.15, 0.2) is 54.6 Å². The summed E-state index contributed by atoms with van der Waals surface area (Å²) in [6.45, 7) is 3.68. The standard InChI is InChI=1S/C22H26FN3O2/c1-16(27)24-14-17-6-5-13-26(15-17)21(18-7-3-2-4-8-18)22(28)25-20-11-9-19(23)10-12-20/h2-4,7-12,17,21H,5-6,13-15H2,1H3,(H,24,27)(H,25,28)/t17-,21-/m0/s1. The second-order valence-corrected chi connectivity index (χ2v) is 7.25. The smallest absolute Gasteiger partial charge is 0.246 e. The molecule has 6 heteroatoms. The highest BCUT2D eigenvalue weighted by atomic mass is 19.1. The Kier molecular flexibility index (Phi) is 6.76. The monoisotopic (exact) mass is 383 g/mol. The van der Waals surface area contributed by atoms with Gasteiger partial charge in [0, 0.05) is 25.7 Å². The Bertz CT molecular complexity index is 795. The molecule has 2 aromatic rings. The Morgan fingerprint density at radius 2 is 1.86 bits per heavy atom. The summed E-state index contributed by atoms with van der Waals surface area (Å²) >= 11 is 0. The maximum atomic E-state index is 13.2. The maximum Gasteiger partial charge on any atom is 0.246 e. The summed E-state index contributed by atoms with van der Waals surface area (Å²) in [5, 5.41) is 5.80. The van der Waals surface area contributed by atoms with Crippen molar-refractivity contribution in [2.45, 2.75) is 25.8 Å². The molecule has 0 radical (unpaired) electrons. The Balaban J connectivity index is 1.77. The van der Waals surface area contributed by atoms with Crippen molar-refractivity contribution < 1.29 is 14.0 Å². The molecule has 5 nitrogen and oxygen atoms in total. The van der Waals surface area contributed by atoms with Crippen molar-refractivity contribution in [3.05, 3.63) is 66.0 Å². The van der Waals surface area contributed by atoms with Crippen molar-refractivity contribution in [3.8, 4) is 0 Å². The van der Waals surface area contributed by atoms with Gasteiger partial charge in [-0.3, -0.25) is 14.5 Å². The zero-order valence-corrected chi connectivity index (χ0v) is 16.0. The summed E-state index contributed by atoms with van der Waals surface area (Å²) in [5.41, 5.74) is 1.49. The van der Waals surface area contributed by atoms with Crippen LogP contribution in [-0.2, 0) is 9.59 Å². The van der Waals surface area contributed by atoms with E-state index >= 15 is 0 Å². The van der Waals surface area contributed by atoms with E-state index in [0.29, 0.717) is 18.2 Å². The first-order chi connectivity index (χ1) is 13.5. The third kappa shape index (κ3) is 5.39. The molecule has 3 rings (SSSR count). The minimum atomic E-state index is -0.439. The highest BCUT2D eigenvalue weighted by molar-refractivity contribution is 5.95. The number of hydrogen-bond acceptors (Lipinski definition) is 3. The van der Waals surface area contributed by atoms with Gasteiger partial charge in [0.05, 0.1) is 0 Å². The molecule has 1 saturated heterocycles. The van der Waals surface area contributed by atoms with E-state index in [2.05, 4.69) is 15.5 Å². The number of halogens is 1. The molecule has 1 aliphatic rings. The lowest BCUT2D eigenvalue weighted by Crippen LogP contribution is -2.45. The van der Waals surface area contributed by atoms with Crippen LogP contribution in [0, 0.1) is 11.7 Å². The van der Waals surface area contributed by atoms with Crippen LogP contribution in [0.5, 0.6) is 0 Å². The van der Waals surface area contributed by atoms with Crippen molar-refractivity contribution in [1.82, 2.24) is 10.2 Å². The van der Waals surface area contributed by atoms with E-state index in [9.17, 15) is 14.0 Å². The average Bonchev–Trinajstić information content (AvgIpc) is 2.69. The largest absolute Gasteiger partial charge is 0.356 e. The summed E-state index contributed by atoms with van der Waals surface area (Å²) in [4.78, 5) is 26.6. The van der Waals surface area contributed by atoms with E-state index in [1.807, 2.05) is 30.3 Å². The highest BCUT2D eigenvalue weighted by Gasteiger charge is 2.31. The van der Waals surface area contributed by atoms with Gasteiger partial charge in [0.2, 0.25) is 11.8 Å². The third-order valence-corrected chi connectivity index (χ3v) is 5.03. The molecule has 0 unspecified atom stereocenters. The summed E-state index contributed by atoms with van der Waals surface area (Å²) in [6.07, 6.45) is 2.00. The van der Waals surface area contributed by atoms with Gasteiger partial charge in [0.15, 0.2) is 0 Å². The molecular formula is C22H26FN3O2. The number of carbonyl (C=O) groups is 2. The molecule has 0 aliphatic carbocycles. The van der Waals surface area contributed by atoms with Crippen LogP contribution in [0.4, 0.5) is 10.1 Å². The number of carbonyl (C=O) groups excluding carboxylic acids is 2. The second kappa shape index (κ2) is 9.46. The normalized spacial score (nSPS) is 18.3. The van der Waals surface area contributed by atoms with Gasteiger partial charge in [-0.15, -0.1) is 0 Å². The van der Waals surface area contributed by atoms with E-state index in [4.69, 9.17) is 0 Å². The fourth-order valence-corrected chi connectivity index (χ4v) is 3.69. The fourth-order valence-electron chi connectivity index (χ4n) is 3.69. The number of anilines is 1. The minimum Gasteiger partial charge on any atom is -0.356 e. The number of piperidine rings is 1. The molecular weight excluding hydrogens is 357 g/mol. The zero-order valence-electron chi connectivity index (χ0n) is 16.0. The first-order valence-electron chi connectivity index (χ1n) is 9.63. The van der Waals surface area contributed by atoms with Gasteiger partial charge in [-0.05, 0) is 55.1 Å². The van der Waals surface area contributed by atoms with Crippen LogP contribution < -0.4 is 10.6 Å². The molecule has 148 valence electrons. The van der Waals surface area contributed by atoms with Gasteiger partial charge in [-0.25, -0.2) is 4.39 Å². The lowest BCUT2D eigenvalue weighted by Gasteiger charge is -2.37. The molecule has 2 atom stereocenters. The van der Waals surface area contributed by atoms with Gasteiger partial charge in [-0.2, -0.15) is 0 Å². The van der Waals surface area contributed by atoms with Gasteiger partial charge in [0.25, 0.3) is 0 Å². The summed E-state index contributed by atoms with van der Waals surface area (Å²) < 4.78 is 13.2. The molecule has 2 N–H and O–H groups in total. The predicted molar refractivity (Wildman–Crippen MR) is 107 cm³/mol. The van der Waals surface area contributed by atoms with Crippen LogP contribution >= 0.6 is 0 Å². The van der Waals surface area contributed by atoms with Crippen molar-refractivity contribution in [2.24, 2.45) is 5.92 Å². The van der Waals surface area contributed by atoms with Crippen molar-refractivity contribution in [1.29, 1.82) is 0 Å². The van der Waals surface area contributed by atoms with E-state index in [0.717, 1.165) is 31.5 Å². The van der Waals surface area contributed by atoms with Gasteiger partial charge < -0.3 is 10.6 Å². The summed E-state index contributed by atoms with van der Waals surface area (Å²) in [7, 11) is 0. The molecule has 0 bridgehead atoms. The van der Waals surface area contributed by atoms with E-state index in [1.54, 1.807) is 12.1 Å². The minimum absolute atomic E-state index is 0.0363. The van der Waals surface area contributed by atoms with Crippen LogP contribution in [0.3, 0.4) is 0 Å². The van der Waals surface area contributed by atoms with Gasteiger partial charge in [0.1, 0.15) is 11.9 Å². The Hall–Kier alpha value is -2.73. The topological polar surface area (TPSA) is 61.4 Å². The lowest BCUT2D eigenvalue weighted by atomic mass is 9.94. The number of nitrogens with one attached hydrogen (secondary N) is 2. The number of likely N-dealkylation sites (tertiary alicyclic amines) is 1. The number of nitrogens with zero attached hydrogens (tertiary/aromatic N) is 1. The summed E-state index contributed by atoms with van der Waals surface area (Å²) in [6, 6.07) is 15.0. The molecule has 28 heavy (non-hydrogen) atoms. The lowest BCUT2D eigenvalue weighted by molar-refractivity contribution is -0.123. The molecule has 0 saturated carbocycles. The fraction of sp³-hybridized carbons (Fsp3) is 0.364. The maximum absolute atomic E-state index is 13.2. The second-order valence-electron chi connectivity index (χ2n) is 7.25. The van der Waals surface area contributed by atoms with Crippen molar-refractivity contribution in [2.75, 3.05) is 25.0 Å². The zero-order chi connectivity index (χ0) is 19.9. The first kappa shape index (κ1) is 20.0. The predicted octanol–water partition coefficient (Wildman–Crippen LogP) is 3.35. The third-order valence-electron chi connectivity index (χ3n) is 5.03. The van der Waals surface area contributed by atoms with Crippen molar-refractivity contribution in [3.63, 3.8) is 0 Å².